The molecule has 0 aliphatic heterocycles. The van der Waals surface area contributed by atoms with E-state index in [9.17, 15) is 5.11 Å². The quantitative estimate of drug-likeness (QED) is 0.848. The van der Waals surface area contributed by atoms with E-state index in [1.807, 2.05) is 6.07 Å². The van der Waals surface area contributed by atoms with Crippen molar-refractivity contribution in [1.29, 1.82) is 0 Å². The molecule has 0 spiro atoms. The highest BCUT2D eigenvalue weighted by molar-refractivity contribution is 5.28. The van der Waals surface area contributed by atoms with Gasteiger partial charge in [-0.05, 0) is 43.6 Å². The Morgan fingerprint density at radius 1 is 1.32 bits per heavy atom. The van der Waals surface area contributed by atoms with Crippen molar-refractivity contribution in [2.24, 2.45) is 11.8 Å². The Kier molecular flexibility index (Phi) is 4.46. The zero-order valence-corrected chi connectivity index (χ0v) is 12.2. The lowest BCUT2D eigenvalue weighted by molar-refractivity contribution is 0.0186. The second kappa shape index (κ2) is 5.91. The summed E-state index contributed by atoms with van der Waals surface area (Å²) in [7, 11) is 1.63. The molecule has 1 N–H and O–H groups in total. The van der Waals surface area contributed by atoms with Crippen molar-refractivity contribution < 1.29 is 9.84 Å². The van der Waals surface area contributed by atoms with E-state index >= 15 is 0 Å². The fourth-order valence-corrected chi connectivity index (χ4v) is 3.09. The van der Waals surface area contributed by atoms with Gasteiger partial charge in [-0.1, -0.05) is 20.3 Å². The molecule has 1 heterocycles. The standard InChI is InChI=1S/C16H25NO2/c1-12(2)13-5-4-7-16(18,8-6-13)14-9-15(19-3)11-17-10-14/h9-13,18H,4-8H2,1-3H3. The molecule has 3 heteroatoms. The molecule has 2 rings (SSSR count). The van der Waals surface area contributed by atoms with Crippen LogP contribution in [-0.4, -0.2) is 17.2 Å². The lowest BCUT2D eigenvalue weighted by Crippen LogP contribution is -2.25. The molecule has 0 amide bonds. The molecule has 1 aromatic rings. The molecule has 1 aromatic heterocycles. The number of methoxy groups -OCH3 is 1. The van der Waals surface area contributed by atoms with E-state index in [1.54, 1.807) is 19.5 Å². The summed E-state index contributed by atoms with van der Waals surface area (Å²) in [4.78, 5) is 4.18. The van der Waals surface area contributed by atoms with Crippen molar-refractivity contribution in [2.75, 3.05) is 7.11 Å². The molecule has 2 atom stereocenters. The van der Waals surface area contributed by atoms with Crippen LogP contribution in [0.25, 0.3) is 0 Å². The third-order valence-electron chi connectivity index (χ3n) is 4.52. The number of pyridine rings is 1. The first-order chi connectivity index (χ1) is 9.05. The van der Waals surface area contributed by atoms with Crippen molar-refractivity contribution in [3.05, 3.63) is 24.0 Å². The van der Waals surface area contributed by atoms with E-state index in [0.717, 1.165) is 42.9 Å². The first kappa shape index (κ1) is 14.3. The fourth-order valence-electron chi connectivity index (χ4n) is 3.09. The number of aromatic nitrogens is 1. The maximum absolute atomic E-state index is 10.9. The van der Waals surface area contributed by atoms with Crippen molar-refractivity contribution in [2.45, 2.75) is 51.6 Å². The van der Waals surface area contributed by atoms with E-state index in [4.69, 9.17) is 4.74 Å². The first-order valence-electron chi connectivity index (χ1n) is 7.27. The Balaban J connectivity index is 2.17. The Bertz CT molecular complexity index is 419. The Labute approximate surface area is 116 Å². The topological polar surface area (TPSA) is 42.4 Å². The summed E-state index contributed by atoms with van der Waals surface area (Å²) in [6.07, 6.45) is 8.49. The largest absolute Gasteiger partial charge is 0.495 e. The number of ether oxygens (including phenoxy) is 1. The predicted molar refractivity (Wildman–Crippen MR) is 76.1 cm³/mol. The molecular weight excluding hydrogens is 238 g/mol. The van der Waals surface area contributed by atoms with Crippen LogP contribution in [0.5, 0.6) is 5.75 Å². The van der Waals surface area contributed by atoms with Crippen LogP contribution in [0.1, 0.15) is 51.5 Å². The van der Waals surface area contributed by atoms with Gasteiger partial charge in [0, 0.05) is 11.8 Å². The van der Waals surface area contributed by atoms with Gasteiger partial charge in [-0.15, -0.1) is 0 Å². The lowest BCUT2D eigenvalue weighted by Gasteiger charge is -2.27. The fraction of sp³-hybridized carbons (Fsp3) is 0.688. The highest BCUT2D eigenvalue weighted by Crippen LogP contribution is 2.40. The van der Waals surface area contributed by atoms with Crippen molar-refractivity contribution in [1.82, 2.24) is 4.98 Å². The number of nitrogens with zero attached hydrogens (tertiary/aromatic N) is 1. The third kappa shape index (κ3) is 3.27. The summed E-state index contributed by atoms with van der Waals surface area (Å²) in [6, 6.07) is 1.92. The zero-order chi connectivity index (χ0) is 13.9. The second-order valence-electron chi connectivity index (χ2n) is 6.08. The summed E-state index contributed by atoms with van der Waals surface area (Å²) in [5, 5.41) is 10.9. The molecule has 0 bridgehead atoms. The molecule has 106 valence electrons. The highest BCUT2D eigenvalue weighted by atomic mass is 16.5. The van der Waals surface area contributed by atoms with Crippen LogP contribution in [-0.2, 0) is 5.60 Å². The van der Waals surface area contributed by atoms with Gasteiger partial charge in [0.2, 0.25) is 0 Å². The summed E-state index contributed by atoms with van der Waals surface area (Å²) in [6.45, 7) is 4.56. The minimum Gasteiger partial charge on any atom is -0.495 e. The van der Waals surface area contributed by atoms with E-state index < -0.39 is 5.60 Å². The van der Waals surface area contributed by atoms with Gasteiger partial charge in [-0.25, -0.2) is 0 Å². The smallest absolute Gasteiger partial charge is 0.137 e. The minimum absolute atomic E-state index is 0.700. The molecule has 3 nitrogen and oxygen atoms in total. The first-order valence-corrected chi connectivity index (χ1v) is 7.27. The van der Waals surface area contributed by atoms with Gasteiger partial charge < -0.3 is 9.84 Å². The summed E-state index contributed by atoms with van der Waals surface area (Å²) in [5.41, 5.74) is 0.168. The summed E-state index contributed by atoms with van der Waals surface area (Å²) >= 11 is 0. The van der Waals surface area contributed by atoms with Crippen LogP contribution < -0.4 is 4.74 Å². The minimum atomic E-state index is -0.731. The van der Waals surface area contributed by atoms with E-state index in [-0.39, 0.29) is 0 Å². The molecule has 1 aliphatic carbocycles. The molecule has 19 heavy (non-hydrogen) atoms. The molecule has 1 aliphatic rings. The van der Waals surface area contributed by atoms with Gasteiger partial charge in [0.05, 0.1) is 18.9 Å². The van der Waals surface area contributed by atoms with Gasteiger partial charge in [0.25, 0.3) is 0 Å². The van der Waals surface area contributed by atoms with Crippen LogP contribution in [0.3, 0.4) is 0 Å². The molecule has 0 saturated heterocycles. The normalized spacial score (nSPS) is 28.2. The van der Waals surface area contributed by atoms with Crippen LogP contribution in [0.2, 0.25) is 0 Å². The van der Waals surface area contributed by atoms with Crippen LogP contribution in [0.15, 0.2) is 18.5 Å². The summed E-state index contributed by atoms with van der Waals surface area (Å²) < 4.78 is 5.21. The second-order valence-corrected chi connectivity index (χ2v) is 6.08. The van der Waals surface area contributed by atoms with Crippen molar-refractivity contribution >= 4 is 0 Å². The average molecular weight is 263 g/mol. The van der Waals surface area contributed by atoms with Gasteiger partial charge in [0.15, 0.2) is 0 Å². The SMILES string of the molecule is COc1cncc(C2(O)CCCC(C(C)C)CC2)c1. The van der Waals surface area contributed by atoms with Crippen molar-refractivity contribution in [3.63, 3.8) is 0 Å². The Morgan fingerprint density at radius 2 is 2.11 bits per heavy atom. The lowest BCUT2D eigenvalue weighted by atomic mass is 9.85. The van der Waals surface area contributed by atoms with Gasteiger partial charge >= 0.3 is 0 Å². The van der Waals surface area contributed by atoms with E-state index in [0.29, 0.717) is 5.92 Å². The van der Waals surface area contributed by atoms with E-state index in [1.165, 1.54) is 6.42 Å². The molecule has 1 saturated carbocycles. The number of aliphatic hydroxyl groups is 1. The molecule has 1 fully saturated rings. The number of hydrogen-bond acceptors (Lipinski definition) is 3. The van der Waals surface area contributed by atoms with Gasteiger partial charge in [0.1, 0.15) is 5.75 Å². The zero-order valence-electron chi connectivity index (χ0n) is 12.2. The van der Waals surface area contributed by atoms with E-state index in [2.05, 4.69) is 18.8 Å². The van der Waals surface area contributed by atoms with Gasteiger partial charge in [-0.3, -0.25) is 4.98 Å². The maximum Gasteiger partial charge on any atom is 0.137 e. The third-order valence-corrected chi connectivity index (χ3v) is 4.52. The molecule has 0 aromatic carbocycles. The molecule has 0 radical (unpaired) electrons. The van der Waals surface area contributed by atoms with Crippen LogP contribution in [0.4, 0.5) is 0 Å². The Morgan fingerprint density at radius 3 is 2.79 bits per heavy atom. The monoisotopic (exact) mass is 263 g/mol. The highest BCUT2D eigenvalue weighted by Gasteiger charge is 2.33. The summed E-state index contributed by atoms with van der Waals surface area (Å²) in [5.74, 6) is 2.15. The molecule has 2 unspecified atom stereocenters. The predicted octanol–water partition coefficient (Wildman–Crippen LogP) is 3.51. The number of rotatable bonds is 3. The van der Waals surface area contributed by atoms with Crippen LogP contribution >= 0.6 is 0 Å². The molecular formula is C16H25NO2. The van der Waals surface area contributed by atoms with Gasteiger partial charge in [-0.2, -0.15) is 0 Å². The van der Waals surface area contributed by atoms with Crippen LogP contribution in [0, 0.1) is 11.8 Å². The van der Waals surface area contributed by atoms with Crippen molar-refractivity contribution in [3.8, 4) is 5.75 Å². The average Bonchev–Trinajstić information content (AvgIpc) is 2.62. The Hall–Kier alpha value is -1.09. The maximum atomic E-state index is 10.9. The number of hydrogen-bond donors (Lipinski definition) is 1.